The number of morpholine rings is 1. The molecule has 0 N–H and O–H groups in total. The first-order chi connectivity index (χ1) is 12.6. The fraction of sp³-hybridized carbons (Fsp3) is 0.333. The van der Waals surface area contributed by atoms with E-state index in [9.17, 15) is 4.79 Å². The van der Waals surface area contributed by atoms with E-state index >= 15 is 0 Å². The molecule has 0 radical (unpaired) electrons. The molecule has 1 fully saturated rings. The number of aromatic nitrogens is 4. The Morgan fingerprint density at radius 2 is 1.81 bits per heavy atom. The van der Waals surface area contributed by atoms with Gasteiger partial charge >= 0.3 is 0 Å². The van der Waals surface area contributed by atoms with Gasteiger partial charge in [0.25, 0.3) is 5.91 Å². The van der Waals surface area contributed by atoms with Gasteiger partial charge in [-0.15, -0.1) is 10.2 Å². The van der Waals surface area contributed by atoms with Crippen molar-refractivity contribution in [2.45, 2.75) is 13.8 Å². The highest BCUT2D eigenvalue weighted by molar-refractivity contribution is 6.30. The van der Waals surface area contributed by atoms with E-state index in [1.807, 2.05) is 38.1 Å². The number of benzene rings is 1. The number of fused-ring (bicyclic) bond motifs is 1. The summed E-state index contributed by atoms with van der Waals surface area (Å²) in [7, 11) is 0. The first-order valence-electron chi connectivity index (χ1n) is 8.42. The molecule has 3 aromatic rings. The minimum atomic E-state index is -0.138. The van der Waals surface area contributed by atoms with Crippen LogP contribution in [0, 0.1) is 13.8 Å². The third-order valence-corrected chi connectivity index (χ3v) is 4.83. The standard InChI is InChI=1S/C18H18ClN5O2/c1-11-15(13-3-5-14(19)6-4-13)17-21-20-16(12(2)24(17)22-11)18(25)23-7-9-26-10-8-23/h3-6H,7-10H2,1-2H3. The van der Waals surface area contributed by atoms with Crippen molar-refractivity contribution in [1.29, 1.82) is 0 Å². The van der Waals surface area contributed by atoms with Crippen LogP contribution in [-0.2, 0) is 4.74 Å². The van der Waals surface area contributed by atoms with Crippen molar-refractivity contribution in [2.75, 3.05) is 26.3 Å². The van der Waals surface area contributed by atoms with Gasteiger partial charge in [0.1, 0.15) is 0 Å². The Morgan fingerprint density at radius 1 is 1.12 bits per heavy atom. The first-order valence-corrected chi connectivity index (χ1v) is 8.79. The van der Waals surface area contributed by atoms with Gasteiger partial charge in [0.05, 0.1) is 30.2 Å². The molecule has 1 aliphatic heterocycles. The minimum absolute atomic E-state index is 0.138. The molecule has 0 spiro atoms. The van der Waals surface area contributed by atoms with E-state index in [2.05, 4.69) is 15.3 Å². The van der Waals surface area contributed by atoms with Gasteiger partial charge in [-0.1, -0.05) is 23.7 Å². The number of hydrogen-bond donors (Lipinski definition) is 0. The Morgan fingerprint density at radius 3 is 2.50 bits per heavy atom. The van der Waals surface area contributed by atoms with Crippen LogP contribution in [0.4, 0.5) is 0 Å². The van der Waals surface area contributed by atoms with Crippen molar-refractivity contribution in [3.63, 3.8) is 0 Å². The Labute approximate surface area is 155 Å². The molecular formula is C18H18ClN5O2. The monoisotopic (exact) mass is 371 g/mol. The summed E-state index contributed by atoms with van der Waals surface area (Å²) in [6.45, 7) is 5.97. The third-order valence-electron chi connectivity index (χ3n) is 4.57. The quantitative estimate of drug-likeness (QED) is 0.692. The Kier molecular flexibility index (Phi) is 4.34. The average Bonchev–Trinajstić information content (AvgIpc) is 3.00. The fourth-order valence-corrected chi connectivity index (χ4v) is 3.31. The second kappa shape index (κ2) is 6.66. The molecule has 4 rings (SSSR count). The lowest BCUT2D eigenvalue weighted by Crippen LogP contribution is -2.41. The number of amides is 1. The van der Waals surface area contributed by atoms with Gasteiger partial charge in [-0.3, -0.25) is 4.79 Å². The van der Waals surface area contributed by atoms with Crippen LogP contribution in [0.3, 0.4) is 0 Å². The van der Waals surface area contributed by atoms with Crippen molar-refractivity contribution >= 4 is 23.2 Å². The molecule has 1 aromatic carbocycles. The van der Waals surface area contributed by atoms with Crippen molar-refractivity contribution in [3.8, 4) is 11.1 Å². The molecule has 0 aliphatic carbocycles. The molecule has 0 bridgehead atoms. The number of rotatable bonds is 2. The van der Waals surface area contributed by atoms with E-state index in [4.69, 9.17) is 16.3 Å². The number of nitrogens with zero attached hydrogens (tertiary/aromatic N) is 5. The fourth-order valence-electron chi connectivity index (χ4n) is 3.18. The smallest absolute Gasteiger partial charge is 0.276 e. The number of ether oxygens (including phenoxy) is 1. The summed E-state index contributed by atoms with van der Waals surface area (Å²) < 4.78 is 7.00. The Balaban J connectivity index is 1.79. The maximum absolute atomic E-state index is 12.8. The summed E-state index contributed by atoms with van der Waals surface area (Å²) in [4.78, 5) is 14.5. The molecule has 1 amide bonds. The SMILES string of the molecule is Cc1nn2c(C)c(C(=O)N3CCOCC3)nnc2c1-c1ccc(Cl)cc1. The van der Waals surface area contributed by atoms with Gasteiger partial charge in [-0.05, 0) is 31.5 Å². The van der Waals surface area contributed by atoms with Crippen molar-refractivity contribution in [1.82, 2.24) is 24.7 Å². The van der Waals surface area contributed by atoms with Gasteiger partial charge in [-0.2, -0.15) is 5.10 Å². The van der Waals surface area contributed by atoms with Crippen LogP contribution in [-0.4, -0.2) is 56.9 Å². The topological polar surface area (TPSA) is 72.6 Å². The molecule has 0 unspecified atom stereocenters. The number of carbonyl (C=O) groups is 1. The van der Waals surface area contributed by atoms with Crippen molar-refractivity contribution < 1.29 is 9.53 Å². The maximum Gasteiger partial charge on any atom is 0.276 e. The lowest BCUT2D eigenvalue weighted by Gasteiger charge is -2.26. The molecule has 26 heavy (non-hydrogen) atoms. The van der Waals surface area contributed by atoms with Crippen LogP contribution < -0.4 is 0 Å². The van der Waals surface area contributed by atoms with E-state index < -0.39 is 0 Å². The van der Waals surface area contributed by atoms with Crippen LogP contribution in [0.2, 0.25) is 5.02 Å². The highest BCUT2D eigenvalue weighted by Gasteiger charge is 2.25. The molecule has 134 valence electrons. The van der Waals surface area contributed by atoms with E-state index in [0.717, 1.165) is 16.8 Å². The van der Waals surface area contributed by atoms with E-state index in [1.54, 1.807) is 9.42 Å². The predicted octanol–water partition coefficient (Wildman–Crippen LogP) is 2.53. The zero-order valence-electron chi connectivity index (χ0n) is 14.6. The summed E-state index contributed by atoms with van der Waals surface area (Å²) in [5, 5.41) is 13.8. The largest absolute Gasteiger partial charge is 0.378 e. The van der Waals surface area contributed by atoms with Crippen LogP contribution in [0.1, 0.15) is 21.9 Å². The van der Waals surface area contributed by atoms with Gasteiger partial charge < -0.3 is 9.64 Å². The van der Waals surface area contributed by atoms with E-state index in [-0.39, 0.29) is 5.91 Å². The molecule has 1 aliphatic rings. The van der Waals surface area contributed by atoms with Crippen LogP contribution in [0.15, 0.2) is 24.3 Å². The highest BCUT2D eigenvalue weighted by Crippen LogP contribution is 2.28. The van der Waals surface area contributed by atoms with Crippen LogP contribution in [0.25, 0.3) is 16.8 Å². The summed E-state index contributed by atoms with van der Waals surface area (Å²) in [5.41, 5.74) is 4.30. The lowest BCUT2D eigenvalue weighted by atomic mass is 10.1. The second-order valence-electron chi connectivity index (χ2n) is 6.24. The maximum atomic E-state index is 12.8. The van der Waals surface area contributed by atoms with Crippen molar-refractivity contribution in [3.05, 3.63) is 46.4 Å². The summed E-state index contributed by atoms with van der Waals surface area (Å²) in [5.74, 6) is -0.138. The van der Waals surface area contributed by atoms with Crippen molar-refractivity contribution in [2.24, 2.45) is 0 Å². The molecule has 1 saturated heterocycles. The van der Waals surface area contributed by atoms with Gasteiger partial charge in [-0.25, -0.2) is 4.52 Å². The molecule has 7 nitrogen and oxygen atoms in total. The van der Waals surface area contributed by atoms with Crippen LogP contribution in [0.5, 0.6) is 0 Å². The zero-order valence-corrected chi connectivity index (χ0v) is 15.3. The Hall–Kier alpha value is -2.51. The molecule has 0 atom stereocenters. The molecule has 2 aromatic heterocycles. The van der Waals surface area contributed by atoms with Gasteiger partial charge in [0, 0.05) is 18.1 Å². The number of aryl methyl sites for hydroxylation is 2. The number of hydrogen-bond acceptors (Lipinski definition) is 5. The third kappa shape index (κ3) is 2.83. The van der Waals surface area contributed by atoms with Gasteiger partial charge in [0.15, 0.2) is 11.3 Å². The van der Waals surface area contributed by atoms with E-state index in [1.165, 1.54) is 0 Å². The number of carbonyl (C=O) groups excluding carboxylic acids is 1. The molecular weight excluding hydrogens is 354 g/mol. The normalized spacial score (nSPS) is 14.8. The highest BCUT2D eigenvalue weighted by atomic mass is 35.5. The zero-order chi connectivity index (χ0) is 18.3. The molecule has 3 heterocycles. The molecule has 0 saturated carbocycles. The second-order valence-corrected chi connectivity index (χ2v) is 6.68. The summed E-state index contributed by atoms with van der Waals surface area (Å²) in [6.07, 6.45) is 0. The van der Waals surface area contributed by atoms with E-state index in [0.29, 0.717) is 48.4 Å². The van der Waals surface area contributed by atoms with Gasteiger partial charge in [0.2, 0.25) is 0 Å². The minimum Gasteiger partial charge on any atom is -0.378 e. The summed E-state index contributed by atoms with van der Waals surface area (Å²) >= 11 is 5.99. The first kappa shape index (κ1) is 16.9. The lowest BCUT2D eigenvalue weighted by molar-refractivity contribution is 0.0297. The van der Waals surface area contributed by atoms with Crippen LogP contribution >= 0.6 is 11.6 Å². The molecule has 8 heteroatoms. The average molecular weight is 372 g/mol. The Bertz CT molecular complexity index is 977. The predicted molar refractivity (Wildman–Crippen MR) is 97.4 cm³/mol. The summed E-state index contributed by atoms with van der Waals surface area (Å²) in [6, 6.07) is 7.51. The number of halogens is 1.